The number of nitrogens with zero attached hydrogens (tertiary/aromatic N) is 5. The molecule has 7 rings (SSSR count). The molecule has 2 amide bonds. The van der Waals surface area contributed by atoms with Crippen molar-refractivity contribution in [3.8, 4) is 17.3 Å². The van der Waals surface area contributed by atoms with Gasteiger partial charge in [-0.1, -0.05) is 52.3 Å². The molecule has 2 saturated heterocycles. The van der Waals surface area contributed by atoms with Crippen molar-refractivity contribution >= 4 is 33.8 Å². The molecule has 0 unspecified atom stereocenters. The summed E-state index contributed by atoms with van der Waals surface area (Å²) in [6.45, 7) is 12.3. The molecule has 3 aliphatic rings. The van der Waals surface area contributed by atoms with Crippen LogP contribution in [0.1, 0.15) is 81.6 Å². The summed E-state index contributed by atoms with van der Waals surface area (Å²) in [6, 6.07) is 12.7. The van der Waals surface area contributed by atoms with Crippen molar-refractivity contribution in [2.24, 2.45) is 24.3 Å². The number of likely N-dealkylation sites (tertiary alicyclic amines) is 2. The summed E-state index contributed by atoms with van der Waals surface area (Å²) in [5.74, 6) is 3.37. The molecule has 0 radical (unpaired) electrons. The minimum Gasteiger partial charge on any atom is -0.494 e. The number of hydrogen-bond acceptors (Lipinski definition) is 4. The highest BCUT2D eigenvalue weighted by Gasteiger charge is 2.38. The van der Waals surface area contributed by atoms with Crippen LogP contribution in [0, 0.1) is 17.3 Å². The summed E-state index contributed by atoms with van der Waals surface area (Å²) in [6.07, 6.45) is 5.83. The van der Waals surface area contributed by atoms with Crippen LogP contribution in [-0.2, 0) is 18.4 Å². The molecule has 0 spiro atoms. The van der Waals surface area contributed by atoms with E-state index < -0.39 is 0 Å². The van der Waals surface area contributed by atoms with Gasteiger partial charge in [-0.25, -0.2) is 4.98 Å². The van der Waals surface area contributed by atoms with E-state index in [4.69, 9.17) is 9.72 Å². The predicted octanol–water partition coefficient (Wildman–Crippen LogP) is 6.85. The maximum atomic E-state index is 13.7. The van der Waals surface area contributed by atoms with Crippen LogP contribution in [0.15, 0.2) is 36.4 Å². The number of aryl methyl sites for hydroxylation is 1. The normalized spacial score (nSPS) is 19.4. The molecule has 8 heteroatoms. The van der Waals surface area contributed by atoms with E-state index in [1.54, 1.807) is 7.11 Å². The van der Waals surface area contributed by atoms with Crippen LogP contribution in [0.5, 0.6) is 5.75 Å². The zero-order valence-corrected chi connectivity index (χ0v) is 27.7. The van der Waals surface area contributed by atoms with E-state index in [2.05, 4.69) is 40.3 Å². The standard InChI is InChI=1S/C37H47N5O3/c1-7-23-10-9-15-40(19-23)35(43)26-16-29-33(31(18-26)45-6)39(5)34(38-29)30-17-25-11-8-12-28(32(25)42(30)20-24-13-14-24)27-21-41(22-27)36(44)37(2,3)4/h8,11-12,16-18,23-24,27H,7,9-10,13-15,19-22H2,1-6H3/t23-/m1/s1. The third-order valence-electron chi connectivity index (χ3n) is 10.4. The molecule has 2 aliphatic heterocycles. The molecular formula is C37H47N5O3. The van der Waals surface area contributed by atoms with Gasteiger partial charge >= 0.3 is 0 Å². The molecule has 0 bridgehead atoms. The number of amides is 2. The molecule has 45 heavy (non-hydrogen) atoms. The first kappa shape index (κ1) is 29.9. The monoisotopic (exact) mass is 609 g/mol. The van der Waals surface area contributed by atoms with Gasteiger partial charge in [-0.2, -0.15) is 0 Å². The van der Waals surface area contributed by atoms with E-state index >= 15 is 0 Å². The summed E-state index contributed by atoms with van der Waals surface area (Å²) in [5.41, 5.74) is 5.60. The highest BCUT2D eigenvalue weighted by atomic mass is 16.5. The maximum Gasteiger partial charge on any atom is 0.254 e. The number of fused-ring (bicyclic) bond motifs is 2. The second-order valence-electron chi connectivity index (χ2n) is 14.7. The second-order valence-corrected chi connectivity index (χ2v) is 14.7. The lowest BCUT2D eigenvalue weighted by atomic mass is 9.86. The van der Waals surface area contributed by atoms with Crippen molar-refractivity contribution in [2.75, 3.05) is 33.3 Å². The van der Waals surface area contributed by atoms with E-state index in [1.165, 1.54) is 35.7 Å². The molecule has 8 nitrogen and oxygen atoms in total. The molecule has 4 aromatic rings. The fourth-order valence-electron chi connectivity index (χ4n) is 7.52. The average Bonchev–Trinajstić information content (AvgIpc) is 3.67. The zero-order chi connectivity index (χ0) is 31.6. The molecule has 4 heterocycles. The van der Waals surface area contributed by atoms with E-state index in [1.807, 2.05) is 49.8 Å². The molecule has 1 saturated carbocycles. The average molecular weight is 610 g/mol. The van der Waals surface area contributed by atoms with E-state index in [9.17, 15) is 9.59 Å². The Balaban J connectivity index is 1.29. The second kappa shape index (κ2) is 11.2. The number of rotatable bonds is 7. The lowest BCUT2D eigenvalue weighted by molar-refractivity contribution is -0.144. The SMILES string of the molecule is CC[C@@H]1CCCN(C(=O)c2cc(OC)c3c(c2)nc(-c2cc4cccc(C5CN(C(=O)C(C)(C)C)C5)c4n2CC2CC2)n3C)C1. The lowest BCUT2D eigenvalue weighted by Crippen LogP contribution is -2.52. The molecule has 2 aromatic heterocycles. The lowest BCUT2D eigenvalue weighted by Gasteiger charge is -2.43. The van der Waals surface area contributed by atoms with Crippen LogP contribution < -0.4 is 4.74 Å². The molecular weight excluding hydrogens is 562 g/mol. The van der Waals surface area contributed by atoms with Crippen molar-refractivity contribution < 1.29 is 14.3 Å². The Bertz CT molecular complexity index is 1780. The number of methoxy groups -OCH3 is 1. The van der Waals surface area contributed by atoms with Crippen LogP contribution >= 0.6 is 0 Å². The first-order valence-corrected chi connectivity index (χ1v) is 16.8. The highest BCUT2D eigenvalue weighted by Crippen LogP contribution is 2.41. The van der Waals surface area contributed by atoms with Gasteiger partial charge in [-0.15, -0.1) is 0 Å². The molecule has 3 fully saturated rings. The summed E-state index contributed by atoms with van der Waals surface area (Å²) < 4.78 is 10.5. The number of piperidine rings is 1. The Morgan fingerprint density at radius 3 is 2.44 bits per heavy atom. The van der Waals surface area contributed by atoms with Gasteiger partial charge in [0.15, 0.2) is 5.82 Å². The fraction of sp³-hybridized carbons (Fsp3) is 0.541. The van der Waals surface area contributed by atoms with E-state index in [0.29, 0.717) is 29.1 Å². The van der Waals surface area contributed by atoms with Gasteiger partial charge in [0.25, 0.3) is 5.91 Å². The van der Waals surface area contributed by atoms with Gasteiger partial charge in [0.1, 0.15) is 11.3 Å². The predicted molar refractivity (Wildman–Crippen MR) is 179 cm³/mol. The van der Waals surface area contributed by atoms with Crippen LogP contribution in [0.25, 0.3) is 33.5 Å². The Morgan fingerprint density at radius 2 is 1.76 bits per heavy atom. The Labute approximate surface area is 266 Å². The van der Waals surface area contributed by atoms with Crippen molar-refractivity contribution in [3.05, 3.63) is 47.5 Å². The number of ether oxygens (including phenoxy) is 1. The van der Waals surface area contributed by atoms with Crippen LogP contribution in [-0.4, -0.2) is 69.0 Å². The van der Waals surface area contributed by atoms with Gasteiger partial charge in [-0.05, 0) is 61.3 Å². The van der Waals surface area contributed by atoms with Crippen molar-refractivity contribution in [1.82, 2.24) is 23.9 Å². The summed E-state index contributed by atoms with van der Waals surface area (Å²) in [7, 11) is 3.72. The summed E-state index contributed by atoms with van der Waals surface area (Å²) in [4.78, 5) is 35.8. The number of imidazole rings is 1. The minimum absolute atomic E-state index is 0.0625. The Kier molecular flexibility index (Phi) is 7.45. The quantitative estimate of drug-likeness (QED) is 0.230. The number of benzene rings is 2. The third-order valence-corrected chi connectivity index (χ3v) is 10.4. The van der Waals surface area contributed by atoms with Crippen LogP contribution in [0.3, 0.4) is 0 Å². The van der Waals surface area contributed by atoms with Gasteiger partial charge in [0.2, 0.25) is 5.91 Å². The number of carbonyl (C=O) groups excluding carboxylic acids is 2. The van der Waals surface area contributed by atoms with Gasteiger partial charge in [0, 0.05) is 62.1 Å². The number of aromatic nitrogens is 3. The van der Waals surface area contributed by atoms with Crippen LogP contribution in [0.4, 0.5) is 0 Å². The topological polar surface area (TPSA) is 72.6 Å². The number of carbonyl (C=O) groups is 2. The third kappa shape index (κ3) is 5.30. The van der Waals surface area contributed by atoms with Crippen molar-refractivity contribution in [3.63, 3.8) is 0 Å². The zero-order valence-electron chi connectivity index (χ0n) is 27.7. The molecule has 0 N–H and O–H groups in total. The molecule has 238 valence electrons. The van der Waals surface area contributed by atoms with E-state index in [0.717, 1.165) is 68.1 Å². The number of hydrogen-bond donors (Lipinski definition) is 0. The van der Waals surface area contributed by atoms with Crippen molar-refractivity contribution in [2.45, 2.75) is 72.3 Å². The summed E-state index contributed by atoms with van der Waals surface area (Å²) >= 11 is 0. The van der Waals surface area contributed by atoms with Crippen molar-refractivity contribution in [1.29, 1.82) is 0 Å². The first-order valence-electron chi connectivity index (χ1n) is 16.8. The Morgan fingerprint density at radius 1 is 0.978 bits per heavy atom. The summed E-state index contributed by atoms with van der Waals surface area (Å²) in [5, 5.41) is 1.20. The smallest absolute Gasteiger partial charge is 0.254 e. The van der Waals surface area contributed by atoms with Gasteiger partial charge in [-0.3, -0.25) is 9.59 Å². The molecule has 1 atom stereocenters. The molecule has 1 aliphatic carbocycles. The van der Waals surface area contributed by atoms with Gasteiger partial charge < -0.3 is 23.7 Å². The van der Waals surface area contributed by atoms with E-state index in [-0.39, 0.29) is 17.2 Å². The molecule has 2 aromatic carbocycles. The largest absolute Gasteiger partial charge is 0.494 e. The number of para-hydroxylation sites is 1. The maximum absolute atomic E-state index is 13.7. The van der Waals surface area contributed by atoms with Crippen LogP contribution in [0.2, 0.25) is 0 Å². The Hall–Kier alpha value is -3.81. The minimum atomic E-state index is -0.367. The fourth-order valence-corrected chi connectivity index (χ4v) is 7.52. The first-order chi connectivity index (χ1) is 21.6. The van der Waals surface area contributed by atoms with Gasteiger partial charge in [0.05, 0.1) is 23.8 Å². The highest BCUT2D eigenvalue weighted by molar-refractivity contribution is 6.00.